The van der Waals surface area contributed by atoms with Crippen LogP contribution >= 0.6 is 22.7 Å². The van der Waals surface area contributed by atoms with Gasteiger partial charge in [-0.25, -0.2) is 13.2 Å². The first kappa shape index (κ1) is 15.8. The SMILES string of the molecule is COC(=O)c1sc(NCc2cccs2)c(S(C)(=O)=O)c1N. The number of anilines is 2. The minimum Gasteiger partial charge on any atom is -0.465 e. The number of ether oxygens (including phenoxy) is 1. The third kappa shape index (κ3) is 3.36. The molecule has 0 fully saturated rings. The summed E-state index contributed by atoms with van der Waals surface area (Å²) < 4.78 is 28.4. The van der Waals surface area contributed by atoms with Gasteiger partial charge in [-0.3, -0.25) is 0 Å². The Bertz CT molecular complexity index is 748. The van der Waals surface area contributed by atoms with Crippen LogP contribution in [0.1, 0.15) is 14.5 Å². The van der Waals surface area contributed by atoms with Gasteiger partial charge in [-0.2, -0.15) is 0 Å². The predicted octanol–water partition coefficient (Wildman–Crippen LogP) is 2.19. The number of carbonyl (C=O) groups excluding carboxylic acids is 1. The Morgan fingerprint density at radius 2 is 2.19 bits per heavy atom. The lowest BCUT2D eigenvalue weighted by molar-refractivity contribution is 0.0607. The molecule has 0 atom stereocenters. The zero-order valence-electron chi connectivity index (χ0n) is 11.4. The lowest BCUT2D eigenvalue weighted by Gasteiger charge is -2.05. The number of carbonyl (C=O) groups is 1. The highest BCUT2D eigenvalue weighted by atomic mass is 32.2. The molecule has 0 radical (unpaired) electrons. The largest absolute Gasteiger partial charge is 0.465 e. The average Bonchev–Trinajstić information content (AvgIpc) is 3.02. The molecule has 0 aliphatic rings. The van der Waals surface area contributed by atoms with E-state index >= 15 is 0 Å². The molecule has 3 N–H and O–H groups in total. The van der Waals surface area contributed by atoms with Crippen LogP contribution in [0.2, 0.25) is 0 Å². The number of nitrogens with two attached hydrogens (primary N) is 1. The van der Waals surface area contributed by atoms with E-state index < -0.39 is 15.8 Å². The van der Waals surface area contributed by atoms with Gasteiger partial charge < -0.3 is 15.8 Å². The summed E-state index contributed by atoms with van der Waals surface area (Å²) in [5.74, 6) is -0.647. The van der Waals surface area contributed by atoms with Gasteiger partial charge >= 0.3 is 5.97 Å². The molecule has 0 unspecified atom stereocenters. The highest BCUT2D eigenvalue weighted by Crippen LogP contribution is 2.39. The van der Waals surface area contributed by atoms with E-state index in [0.717, 1.165) is 22.5 Å². The van der Waals surface area contributed by atoms with E-state index in [9.17, 15) is 13.2 Å². The number of hydrogen-bond donors (Lipinski definition) is 2. The van der Waals surface area contributed by atoms with Gasteiger partial charge in [0.1, 0.15) is 14.8 Å². The summed E-state index contributed by atoms with van der Waals surface area (Å²) in [6.07, 6.45) is 1.06. The Hall–Kier alpha value is -1.58. The van der Waals surface area contributed by atoms with Crippen molar-refractivity contribution in [3.05, 3.63) is 27.3 Å². The van der Waals surface area contributed by atoms with E-state index in [1.165, 1.54) is 7.11 Å². The van der Waals surface area contributed by atoms with Crippen molar-refractivity contribution in [2.45, 2.75) is 11.4 Å². The predicted molar refractivity (Wildman–Crippen MR) is 84.8 cm³/mol. The quantitative estimate of drug-likeness (QED) is 0.805. The lowest BCUT2D eigenvalue weighted by Crippen LogP contribution is -2.07. The molecular formula is C12H14N2O4S3. The van der Waals surface area contributed by atoms with Gasteiger partial charge in [0, 0.05) is 11.1 Å². The molecule has 0 aromatic carbocycles. The summed E-state index contributed by atoms with van der Waals surface area (Å²) >= 11 is 2.53. The molecule has 0 aliphatic heterocycles. The number of methoxy groups -OCH3 is 1. The third-order valence-corrected chi connectivity index (χ3v) is 5.96. The summed E-state index contributed by atoms with van der Waals surface area (Å²) in [5, 5.41) is 5.30. The molecule has 0 aliphatic carbocycles. The highest BCUT2D eigenvalue weighted by Gasteiger charge is 2.27. The van der Waals surface area contributed by atoms with E-state index in [0.29, 0.717) is 11.5 Å². The van der Waals surface area contributed by atoms with Crippen LogP contribution < -0.4 is 11.1 Å². The van der Waals surface area contributed by atoms with Gasteiger partial charge in [-0.05, 0) is 11.4 Å². The second-order valence-corrected chi connectivity index (χ2v) is 8.21. The van der Waals surface area contributed by atoms with Gasteiger partial charge in [0.15, 0.2) is 9.84 Å². The lowest BCUT2D eigenvalue weighted by atomic mass is 10.4. The molecule has 0 saturated carbocycles. The fourth-order valence-electron chi connectivity index (χ4n) is 1.74. The zero-order chi connectivity index (χ0) is 15.6. The standard InChI is InChI=1S/C12H14N2O4S3/c1-18-12(15)9-8(13)10(21(2,16)17)11(20-9)14-6-7-4-3-5-19-7/h3-5,14H,6,13H2,1-2H3. The Kier molecular flexibility index (Phi) is 4.55. The fourth-order valence-corrected chi connectivity index (χ4v) is 4.87. The van der Waals surface area contributed by atoms with E-state index in [4.69, 9.17) is 5.73 Å². The molecule has 0 bridgehead atoms. The van der Waals surface area contributed by atoms with Crippen molar-refractivity contribution in [1.82, 2.24) is 0 Å². The van der Waals surface area contributed by atoms with Crippen molar-refractivity contribution in [2.75, 3.05) is 24.4 Å². The maximum Gasteiger partial charge on any atom is 0.350 e. The van der Waals surface area contributed by atoms with Crippen LogP contribution in [0.4, 0.5) is 10.7 Å². The molecular weight excluding hydrogens is 332 g/mol. The van der Waals surface area contributed by atoms with Crippen molar-refractivity contribution in [3.8, 4) is 0 Å². The fraction of sp³-hybridized carbons (Fsp3) is 0.250. The molecule has 0 spiro atoms. The summed E-state index contributed by atoms with van der Waals surface area (Å²) in [5.41, 5.74) is 5.74. The summed E-state index contributed by atoms with van der Waals surface area (Å²) in [7, 11) is -2.33. The number of hydrogen-bond acceptors (Lipinski definition) is 8. The molecule has 0 saturated heterocycles. The van der Waals surface area contributed by atoms with E-state index in [2.05, 4.69) is 10.1 Å². The minimum atomic E-state index is -3.56. The van der Waals surface area contributed by atoms with E-state index in [-0.39, 0.29) is 15.5 Å². The molecule has 2 aromatic heterocycles. The van der Waals surface area contributed by atoms with Crippen LogP contribution in [0.3, 0.4) is 0 Å². The van der Waals surface area contributed by atoms with Gasteiger partial charge in [-0.15, -0.1) is 22.7 Å². The molecule has 2 heterocycles. The normalized spacial score (nSPS) is 11.3. The number of nitrogen functional groups attached to an aromatic ring is 1. The average molecular weight is 346 g/mol. The van der Waals surface area contributed by atoms with Crippen LogP contribution in [0.5, 0.6) is 0 Å². The molecule has 21 heavy (non-hydrogen) atoms. The van der Waals surface area contributed by atoms with Gasteiger partial charge in [0.25, 0.3) is 0 Å². The second kappa shape index (κ2) is 6.04. The zero-order valence-corrected chi connectivity index (χ0v) is 13.8. The van der Waals surface area contributed by atoms with Crippen LogP contribution in [-0.2, 0) is 21.1 Å². The Morgan fingerprint density at radius 1 is 1.48 bits per heavy atom. The summed E-state index contributed by atoms with van der Waals surface area (Å²) in [6.45, 7) is 0.459. The van der Waals surface area contributed by atoms with E-state index in [1.54, 1.807) is 11.3 Å². The minimum absolute atomic E-state index is 0.0514. The summed E-state index contributed by atoms with van der Waals surface area (Å²) in [4.78, 5) is 12.7. The maximum atomic E-state index is 11.9. The number of thiophene rings is 2. The van der Waals surface area contributed by atoms with Crippen molar-refractivity contribution >= 4 is 49.2 Å². The second-order valence-electron chi connectivity index (χ2n) is 4.20. The number of rotatable bonds is 5. The highest BCUT2D eigenvalue weighted by molar-refractivity contribution is 7.91. The third-order valence-electron chi connectivity index (χ3n) is 2.64. The van der Waals surface area contributed by atoms with E-state index in [1.807, 2.05) is 17.5 Å². The number of nitrogens with one attached hydrogen (secondary N) is 1. The summed E-state index contributed by atoms with van der Waals surface area (Å²) in [6, 6.07) is 3.83. The molecule has 6 nitrogen and oxygen atoms in total. The van der Waals surface area contributed by atoms with Crippen molar-refractivity contribution < 1.29 is 17.9 Å². The van der Waals surface area contributed by atoms with Crippen molar-refractivity contribution in [3.63, 3.8) is 0 Å². The molecule has 9 heteroatoms. The Labute approximate surface area is 130 Å². The van der Waals surface area contributed by atoms with Crippen LogP contribution in [-0.4, -0.2) is 27.8 Å². The van der Waals surface area contributed by atoms with Crippen LogP contribution in [0.25, 0.3) is 0 Å². The van der Waals surface area contributed by atoms with Gasteiger partial charge in [0.05, 0.1) is 19.3 Å². The van der Waals surface area contributed by atoms with Crippen LogP contribution in [0.15, 0.2) is 22.4 Å². The molecule has 2 aromatic rings. The Morgan fingerprint density at radius 3 is 2.71 bits per heavy atom. The van der Waals surface area contributed by atoms with Gasteiger partial charge in [-0.1, -0.05) is 6.07 Å². The first-order chi connectivity index (χ1) is 9.84. The molecule has 2 rings (SSSR count). The monoisotopic (exact) mass is 346 g/mol. The first-order valence-electron chi connectivity index (χ1n) is 5.81. The van der Waals surface area contributed by atoms with Crippen molar-refractivity contribution in [2.24, 2.45) is 0 Å². The molecule has 114 valence electrons. The smallest absolute Gasteiger partial charge is 0.350 e. The first-order valence-corrected chi connectivity index (χ1v) is 9.40. The number of esters is 1. The Balaban J connectivity index is 2.41. The molecule has 0 amide bonds. The van der Waals surface area contributed by atoms with Crippen LogP contribution in [0, 0.1) is 0 Å². The van der Waals surface area contributed by atoms with Gasteiger partial charge in [0.2, 0.25) is 0 Å². The maximum absolute atomic E-state index is 11.9. The van der Waals surface area contributed by atoms with Crippen molar-refractivity contribution in [1.29, 1.82) is 0 Å². The number of sulfone groups is 1. The topological polar surface area (TPSA) is 98.5 Å².